The van der Waals surface area contributed by atoms with Crippen LogP contribution in [-0.2, 0) is 16.1 Å². The fourth-order valence-corrected chi connectivity index (χ4v) is 4.12. The lowest BCUT2D eigenvalue weighted by atomic mass is 9.87. The fourth-order valence-electron chi connectivity index (χ4n) is 4.12. The van der Waals surface area contributed by atoms with Crippen molar-refractivity contribution in [3.63, 3.8) is 0 Å². The molecule has 1 N–H and O–H groups in total. The quantitative estimate of drug-likeness (QED) is 0.845. The van der Waals surface area contributed by atoms with E-state index in [4.69, 9.17) is 4.42 Å². The zero-order chi connectivity index (χ0) is 18.4. The normalized spacial score (nSPS) is 19.7. The average Bonchev–Trinajstić information content (AvgIpc) is 3.15. The Morgan fingerprint density at radius 2 is 1.92 bits per heavy atom. The van der Waals surface area contributed by atoms with Gasteiger partial charge in [0.25, 0.3) is 0 Å². The molecule has 1 saturated heterocycles. The Morgan fingerprint density at radius 1 is 1.19 bits per heavy atom. The van der Waals surface area contributed by atoms with E-state index >= 15 is 0 Å². The minimum absolute atomic E-state index is 0.0491. The second-order valence-electron chi connectivity index (χ2n) is 7.81. The summed E-state index contributed by atoms with van der Waals surface area (Å²) >= 11 is 0. The van der Waals surface area contributed by atoms with Crippen LogP contribution in [0.25, 0.3) is 0 Å². The highest BCUT2D eigenvalue weighted by Gasteiger charge is 2.29. The summed E-state index contributed by atoms with van der Waals surface area (Å²) in [5.41, 5.74) is 1.06. The van der Waals surface area contributed by atoms with Crippen LogP contribution < -0.4 is 5.32 Å². The van der Waals surface area contributed by atoms with Crippen molar-refractivity contribution >= 4 is 11.8 Å². The molecule has 1 aliphatic carbocycles. The van der Waals surface area contributed by atoms with Gasteiger partial charge in [-0.25, -0.2) is 0 Å². The summed E-state index contributed by atoms with van der Waals surface area (Å²) in [7, 11) is 1.93. The number of hydrogen-bond donors (Lipinski definition) is 1. The highest BCUT2D eigenvalue weighted by Crippen LogP contribution is 2.26. The van der Waals surface area contributed by atoms with Gasteiger partial charge < -0.3 is 14.6 Å². The number of piperidine rings is 1. The zero-order valence-corrected chi connectivity index (χ0v) is 15.8. The highest BCUT2D eigenvalue weighted by molar-refractivity contribution is 5.79. The lowest BCUT2D eigenvalue weighted by Crippen LogP contribution is -2.49. The van der Waals surface area contributed by atoms with E-state index in [1.165, 1.54) is 19.3 Å². The molecule has 2 amide bonds. The summed E-state index contributed by atoms with van der Waals surface area (Å²) in [6.07, 6.45) is 10.8. The lowest BCUT2D eigenvalue weighted by Gasteiger charge is -2.35. The van der Waals surface area contributed by atoms with Crippen molar-refractivity contribution in [1.82, 2.24) is 15.1 Å². The maximum Gasteiger partial charge on any atom is 0.234 e. The summed E-state index contributed by atoms with van der Waals surface area (Å²) in [6.45, 7) is 2.60. The van der Waals surface area contributed by atoms with E-state index < -0.39 is 0 Å². The van der Waals surface area contributed by atoms with Crippen LogP contribution in [0.15, 0.2) is 23.0 Å². The molecule has 2 fully saturated rings. The van der Waals surface area contributed by atoms with Gasteiger partial charge in [0.2, 0.25) is 11.8 Å². The van der Waals surface area contributed by atoms with Crippen LogP contribution in [0.1, 0.15) is 50.5 Å². The molecule has 144 valence electrons. The van der Waals surface area contributed by atoms with Crippen LogP contribution >= 0.6 is 0 Å². The molecular weight excluding hydrogens is 330 g/mol. The van der Waals surface area contributed by atoms with Crippen molar-refractivity contribution in [2.75, 3.05) is 26.7 Å². The van der Waals surface area contributed by atoms with E-state index in [1.54, 1.807) is 12.5 Å². The summed E-state index contributed by atoms with van der Waals surface area (Å²) in [6, 6.07) is 2.09. The molecule has 0 unspecified atom stereocenters. The molecule has 0 spiro atoms. The Hall–Kier alpha value is -1.82. The van der Waals surface area contributed by atoms with E-state index in [1.807, 2.05) is 22.9 Å². The number of hydrogen-bond acceptors (Lipinski definition) is 4. The Bertz CT molecular complexity index is 573. The van der Waals surface area contributed by atoms with E-state index in [0.29, 0.717) is 19.0 Å². The first-order chi connectivity index (χ1) is 12.6. The van der Waals surface area contributed by atoms with Gasteiger partial charge in [-0.1, -0.05) is 19.3 Å². The van der Waals surface area contributed by atoms with Gasteiger partial charge >= 0.3 is 0 Å². The number of carbonyl (C=O) groups is 2. The van der Waals surface area contributed by atoms with Crippen molar-refractivity contribution < 1.29 is 14.0 Å². The largest absolute Gasteiger partial charge is 0.472 e. The molecule has 1 aromatic rings. The first-order valence-corrected chi connectivity index (χ1v) is 9.89. The van der Waals surface area contributed by atoms with E-state index in [2.05, 4.69) is 5.32 Å². The number of nitrogens with one attached hydrogen (secondary N) is 1. The first kappa shape index (κ1) is 19.0. The minimum atomic E-state index is 0.0491. The molecule has 2 heterocycles. The molecular formula is C20H31N3O3. The molecule has 3 rings (SSSR count). The number of nitrogens with zero attached hydrogens (tertiary/aromatic N) is 2. The smallest absolute Gasteiger partial charge is 0.234 e. The van der Waals surface area contributed by atoms with Crippen LogP contribution in [0.4, 0.5) is 0 Å². The van der Waals surface area contributed by atoms with Crippen molar-refractivity contribution in [2.45, 2.75) is 57.5 Å². The molecule has 26 heavy (non-hydrogen) atoms. The summed E-state index contributed by atoms with van der Waals surface area (Å²) in [5, 5.41) is 3.13. The number of amides is 2. The standard InChI is InChI=1S/C20H31N3O3/c1-22(13-16-9-12-26-15-16)14-19(24)21-18-7-10-23(11-8-18)20(25)17-5-3-2-4-6-17/h9,12,15,17-18H,2-8,10-11,13-14H2,1H3,(H,21,24). The summed E-state index contributed by atoms with van der Waals surface area (Å²) in [5.74, 6) is 0.633. The first-order valence-electron chi connectivity index (χ1n) is 9.89. The predicted molar refractivity (Wildman–Crippen MR) is 99.4 cm³/mol. The number of rotatable bonds is 6. The SMILES string of the molecule is CN(CC(=O)NC1CCN(C(=O)C2CCCCC2)CC1)Cc1ccoc1. The third-order valence-electron chi connectivity index (χ3n) is 5.57. The molecule has 1 aromatic heterocycles. The molecule has 0 radical (unpaired) electrons. The lowest BCUT2D eigenvalue weighted by molar-refractivity contribution is -0.137. The van der Waals surface area contributed by atoms with E-state index in [9.17, 15) is 9.59 Å². The fraction of sp³-hybridized carbons (Fsp3) is 0.700. The van der Waals surface area contributed by atoms with E-state index in [-0.39, 0.29) is 17.9 Å². The summed E-state index contributed by atoms with van der Waals surface area (Å²) in [4.78, 5) is 28.9. The minimum Gasteiger partial charge on any atom is -0.472 e. The van der Waals surface area contributed by atoms with Gasteiger partial charge in [-0.3, -0.25) is 14.5 Å². The highest BCUT2D eigenvalue weighted by atomic mass is 16.3. The summed E-state index contributed by atoms with van der Waals surface area (Å²) < 4.78 is 5.06. The van der Waals surface area contributed by atoms with Crippen molar-refractivity contribution in [3.05, 3.63) is 24.2 Å². The van der Waals surface area contributed by atoms with E-state index in [0.717, 1.165) is 44.3 Å². The molecule has 6 nitrogen and oxygen atoms in total. The maximum atomic E-state index is 12.6. The van der Waals surface area contributed by atoms with Crippen LogP contribution in [0.3, 0.4) is 0 Å². The average molecular weight is 361 g/mol. The Labute approximate surface area is 155 Å². The van der Waals surface area contributed by atoms with Gasteiger partial charge in [-0.05, 0) is 38.8 Å². The number of carbonyl (C=O) groups excluding carboxylic acids is 2. The van der Waals surface area contributed by atoms with Gasteiger partial charge in [-0.15, -0.1) is 0 Å². The topological polar surface area (TPSA) is 65.8 Å². The van der Waals surface area contributed by atoms with Gasteiger partial charge in [0, 0.05) is 37.2 Å². The number of likely N-dealkylation sites (tertiary alicyclic amines) is 1. The molecule has 0 aromatic carbocycles. The second-order valence-corrected chi connectivity index (χ2v) is 7.81. The van der Waals surface area contributed by atoms with Crippen molar-refractivity contribution in [2.24, 2.45) is 5.92 Å². The van der Waals surface area contributed by atoms with Gasteiger partial charge in [0.15, 0.2) is 0 Å². The number of likely N-dealkylation sites (N-methyl/N-ethyl adjacent to an activating group) is 1. The molecule has 1 aliphatic heterocycles. The van der Waals surface area contributed by atoms with Crippen molar-refractivity contribution in [3.8, 4) is 0 Å². The molecule has 6 heteroatoms. The van der Waals surface area contributed by atoms with Gasteiger partial charge in [0.1, 0.15) is 0 Å². The Morgan fingerprint density at radius 3 is 2.58 bits per heavy atom. The third-order valence-corrected chi connectivity index (χ3v) is 5.57. The molecule has 1 saturated carbocycles. The van der Waals surface area contributed by atoms with Gasteiger partial charge in [-0.2, -0.15) is 0 Å². The Balaban J connectivity index is 1.36. The molecule has 0 atom stereocenters. The Kier molecular flexibility index (Phi) is 6.72. The van der Waals surface area contributed by atoms with Crippen LogP contribution in [-0.4, -0.2) is 54.3 Å². The zero-order valence-electron chi connectivity index (χ0n) is 15.8. The predicted octanol–water partition coefficient (Wildman–Crippen LogP) is 2.40. The second kappa shape index (κ2) is 9.21. The van der Waals surface area contributed by atoms with Gasteiger partial charge in [0.05, 0.1) is 19.1 Å². The maximum absolute atomic E-state index is 12.6. The monoisotopic (exact) mass is 361 g/mol. The molecule has 2 aliphatic rings. The van der Waals surface area contributed by atoms with Crippen molar-refractivity contribution in [1.29, 1.82) is 0 Å². The third kappa shape index (κ3) is 5.34. The number of furan rings is 1. The van der Waals surface area contributed by atoms with Crippen LogP contribution in [0.5, 0.6) is 0 Å². The van der Waals surface area contributed by atoms with Crippen LogP contribution in [0, 0.1) is 5.92 Å². The molecule has 0 bridgehead atoms. The van der Waals surface area contributed by atoms with Crippen LogP contribution in [0.2, 0.25) is 0 Å².